The van der Waals surface area contributed by atoms with Gasteiger partial charge in [-0.1, -0.05) is 19.0 Å². The number of hydrogen-bond acceptors (Lipinski definition) is 5. The number of rotatable bonds is 2. The average Bonchev–Trinajstić information content (AvgIpc) is 2.34. The number of hydrogen-bond donors (Lipinski definition) is 1. The third-order valence-electron chi connectivity index (χ3n) is 1.11. The van der Waals surface area contributed by atoms with Crippen LogP contribution in [0.5, 0.6) is 6.08 Å². The van der Waals surface area contributed by atoms with E-state index in [1.54, 1.807) is 0 Å². The second-order valence-electron chi connectivity index (χ2n) is 2.44. The van der Waals surface area contributed by atoms with Gasteiger partial charge in [0.1, 0.15) is 0 Å². The molecule has 0 fully saturated rings. The highest BCUT2D eigenvalue weighted by Gasteiger charge is 2.12. The monoisotopic (exact) mass is 172 g/mol. The number of aromatic nitrogens is 2. The van der Waals surface area contributed by atoms with Gasteiger partial charge in [0.2, 0.25) is 0 Å². The minimum absolute atomic E-state index is 0.0832. The van der Waals surface area contributed by atoms with Crippen molar-refractivity contribution in [2.75, 3.05) is 0 Å². The lowest BCUT2D eigenvalue weighted by Crippen LogP contribution is -2.03. The van der Waals surface area contributed by atoms with Crippen LogP contribution in [0.3, 0.4) is 0 Å². The van der Waals surface area contributed by atoms with Gasteiger partial charge in [0.15, 0.2) is 5.82 Å². The Kier molecular flexibility index (Phi) is 2.27. The molecule has 1 aromatic rings. The summed E-state index contributed by atoms with van der Waals surface area (Å²) in [7, 11) is 0. The van der Waals surface area contributed by atoms with E-state index in [4.69, 9.17) is 5.11 Å². The Labute approximate surface area is 68.1 Å². The van der Waals surface area contributed by atoms with Crippen LogP contribution in [0.4, 0.5) is 4.79 Å². The molecule has 0 spiro atoms. The summed E-state index contributed by atoms with van der Waals surface area (Å²) in [5.41, 5.74) is 0. The van der Waals surface area contributed by atoms with Gasteiger partial charge in [0.05, 0.1) is 0 Å². The lowest BCUT2D eigenvalue weighted by atomic mass is 10.2. The van der Waals surface area contributed by atoms with E-state index >= 15 is 0 Å². The molecule has 0 aliphatic rings. The fourth-order valence-electron chi connectivity index (χ4n) is 0.571. The van der Waals surface area contributed by atoms with E-state index in [0.717, 1.165) is 0 Å². The summed E-state index contributed by atoms with van der Waals surface area (Å²) in [4.78, 5) is 13.7. The molecule has 0 aliphatic heterocycles. The van der Waals surface area contributed by atoms with Gasteiger partial charge in [-0.3, -0.25) is 4.52 Å². The van der Waals surface area contributed by atoms with Crippen LogP contribution >= 0.6 is 0 Å². The first-order valence-electron chi connectivity index (χ1n) is 3.34. The fraction of sp³-hybridized carbons (Fsp3) is 0.500. The van der Waals surface area contributed by atoms with E-state index in [2.05, 4.69) is 19.4 Å². The Morgan fingerprint density at radius 1 is 1.67 bits per heavy atom. The van der Waals surface area contributed by atoms with E-state index < -0.39 is 6.16 Å². The molecular weight excluding hydrogens is 164 g/mol. The molecule has 1 rings (SSSR count). The Hall–Kier alpha value is -1.59. The highest BCUT2D eigenvalue weighted by atomic mass is 16.7. The lowest BCUT2D eigenvalue weighted by molar-refractivity contribution is 0.125. The molecule has 0 bridgehead atoms. The molecule has 0 saturated carbocycles. The largest absolute Gasteiger partial charge is 0.514 e. The third-order valence-corrected chi connectivity index (χ3v) is 1.11. The SMILES string of the molecule is CC(C)c1noc(OC(=O)O)n1. The van der Waals surface area contributed by atoms with E-state index in [1.165, 1.54) is 0 Å². The maximum atomic E-state index is 10.00. The van der Waals surface area contributed by atoms with Crippen molar-refractivity contribution in [3.05, 3.63) is 5.82 Å². The summed E-state index contributed by atoms with van der Waals surface area (Å²) >= 11 is 0. The molecular formula is C6H8N2O4. The molecule has 12 heavy (non-hydrogen) atoms. The van der Waals surface area contributed by atoms with Crippen LogP contribution in [0.15, 0.2) is 4.52 Å². The van der Waals surface area contributed by atoms with Gasteiger partial charge in [-0.15, -0.1) is 0 Å². The topological polar surface area (TPSA) is 85.5 Å². The van der Waals surface area contributed by atoms with Crippen molar-refractivity contribution in [2.24, 2.45) is 0 Å². The first kappa shape index (κ1) is 8.51. The Morgan fingerprint density at radius 2 is 2.33 bits per heavy atom. The number of carboxylic acid groups (broad SMARTS) is 1. The van der Waals surface area contributed by atoms with Gasteiger partial charge >= 0.3 is 12.2 Å². The van der Waals surface area contributed by atoms with Crippen LogP contribution in [0.1, 0.15) is 25.6 Å². The highest BCUT2D eigenvalue weighted by Crippen LogP contribution is 2.13. The van der Waals surface area contributed by atoms with Crippen molar-refractivity contribution in [3.63, 3.8) is 0 Å². The summed E-state index contributed by atoms with van der Waals surface area (Å²) in [5, 5.41) is 11.7. The van der Waals surface area contributed by atoms with Crippen molar-refractivity contribution in [3.8, 4) is 6.08 Å². The molecule has 1 heterocycles. The molecule has 66 valence electrons. The second-order valence-corrected chi connectivity index (χ2v) is 2.44. The summed E-state index contributed by atoms with van der Waals surface area (Å²) in [5.74, 6) is 0.506. The van der Waals surface area contributed by atoms with Crippen LogP contribution in [0, 0.1) is 0 Å². The molecule has 0 aliphatic carbocycles. The minimum Gasteiger partial charge on any atom is -0.449 e. The van der Waals surface area contributed by atoms with Gasteiger partial charge in [-0.25, -0.2) is 4.79 Å². The second kappa shape index (κ2) is 3.21. The molecule has 0 aromatic carbocycles. The minimum atomic E-state index is -1.46. The normalized spacial score (nSPS) is 10.2. The van der Waals surface area contributed by atoms with Crippen LogP contribution in [-0.2, 0) is 0 Å². The predicted octanol–water partition coefficient (Wildman–Crippen LogP) is 1.25. The Balaban J connectivity index is 2.70. The molecule has 1 aromatic heterocycles. The molecule has 0 atom stereocenters. The maximum absolute atomic E-state index is 10.00. The first-order chi connectivity index (χ1) is 5.59. The Morgan fingerprint density at radius 3 is 2.75 bits per heavy atom. The smallest absolute Gasteiger partial charge is 0.449 e. The molecule has 0 radical (unpaired) electrons. The van der Waals surface area contributed by atoms with Crippen LogP contribution in [0.25, 0.3) is 0 Å². The maximum Gasteiger partial charge on any atom is 0.514 e. The van der Waals surface area contributed by atoms with Crippen molar-refractivity contribution in [1.82, 2.24) is 10.1 Å². The van der Waals surface area contributed by atoms with Gasteiger partial charge in [-0.05, 0) is 0 Å². The summed E-state index contributed by atoms with van der Waals surface area (Å²) in [6, 6.07) is 0. The molecule has 0 saturated heterocycles. The summed E-state index contributed by atoms with van der Waals surface area (Å²) in [6.07, 6.45) is -1.81. The number of carbonyl (C=O) groups is 1. The molecule has 6 nitrogen and oxygen atoms in total. The Bertz CT molecular complexity index is 281. The van der Waals surface area contributed by atoms with E-state index in [-0.39, 0.29) is 12.0 Å². The van der Waals surface area contributed by atoms with E-state index in [0.29, 0.717) is 5.82 Å². The van der Waals surface area contributed by atoms with Gasteiger partial charge in [0.25, 0.3) is 0 Å². The lowest BCUT2D eigenvalue weighted by Gasteiger charge is -1.91. The van der Waals surface area contributed by atoms with Crippen LogP contribution < -0.4 is 4.74 Å². The van der Waals surface area contributed by atoms with Crippen molar-refractivity contribution < 1.29 is 19.2 Å². The van der Waals surface area contributed by atoms with Gasteiger partial charge in [-0.2, -0.15) is 4.98 Å². The zero-order valence-corrected chi connectivity index (χ0v) is 6.64. The summed E-state index contributed by atoms with van der Waals surface area (Å²) < 4.78 is 8.59. The summed E-state index contributed by atoms with van der Waals surface area (Å²) in [6.45, 7) is 3.71. The fourth-order valence-corrected chi connectivity index (χ4v) is 0.571. The predicted molar refractivity (Wildman–Crippen MR) is 37.0 cm³/mol. The molecule has 6 heteroatoms. The van der Waals surface area contributed by atoms with Crippen molar-refractivity contribution in [1.29, 1.82) is 0 Å². The van der Waals surface area contributed by atoms with E-state index in [1.807, 2.05) is 13.8 Å². The van der Waals surface area contributed by atoms with Crippen LogP contribution in [-0.4, -0.2) is 21.4 Å². The van der Waals surface area contributed by atoms with Crippen molar-refractivity contribution >= 4 is 6.16 Å². The average molecular weight is 172 g/mol. The third kappa shape index (κ3) is 1.94. The van der Waals surface area contributed by atoms with E-state index in [9.17, 15) is 4.79 Å². The van der Waals surface area contributed by atoms with Crippen LogP contribution in [0.2, 0.25) is 0 Å². The highest BCUT2D eigenvalue weighted by molar-refractivity contribution is 5.59. The molecule has 0 amide bonds. The number of nitrogens with zero attached hydrogens (tertiary/aromatic N) is 2. The number of ether oxygens (including phenoxy) is 1. The quantitative estimate of drug-likeness (QED) is 0.675. The standard InChI is InChI=1S/C6H8N2O4/c1-3(2)4-7-5(12-8-4)11-6(9)10/h3H,1-2H3,(H,9,10). The van der Waals surface area contributed by atoms with Crippen molar-refractivity contribution in [2.45, 2.75) is 19.8 Å². The first-order valence-corrected chi connectivity index (χ1v) is 3.34. The van der Waals surface area contributed by atoms with Gasteiger partial charge < -0.3 is 9.84 Å². The zero-order chi connectivity index (χ0) is 9.14. The molecule has 1 N–H and O–H groups in total. The zero-order valence-electron chi connectivity index (χ0n) is 6.64. The van der Waals surface area contributed by atoms with Gasteiger partial charge in [0, 0.05) is 5.92 Å². The molecule has 0 unspecified atom stereocenters.